The van der Waals surface area contributed by atoms with Gasteiger partial charge in [-0.25, -0.2) is 19.3 Å². The van der Waals surface area contributed by atoms with E-state index >= 15 is 0 Å². The standard InChI is InChI=1S/C21H28N6OS.C15H23N3O2.C11H12N4O.ClH/c22-21-23-16-19(24-21)10-5-2-6-11-20-17-27(26-25-20)13-7-14-29(28)15-12-18-8-3-1-4-9-18;1-5-6-7-8-9-10-12-11-18(13(16)17-12)14(19)20-15(2,3)4;12-15-14-9-8-13-11(16)7-6-10-4-2-1-3-5-10;/h1,3-4,8-9,12,15-17H,2,5-7,10-11,13-14H2,(H3,22,23,24);1,11H,6-10H2,2-4H3,(H2,16,17);1-7H,8-9H2,(H,13,16);1H/b15-12+;;7-6+;. The van der Waals surface area contributed by atoms with Crippen molar-refractivity contribution < 1.29 is 18.5 Å². The first kappa shape index (κ1) is 55.5. The first-order chi connectivity index (χ1) is 31.3. The molecule has 5 aromatic rings. The van der Waals surface area contributed by atoms with Crippen molar-refractivity contribution in [1.82, 2.24) is 39.8 Å². The maximum atomic E-state index is 12.1. The third-order valence-electron chi connectivity index (χ3n) is 8.99. The Bertz CT molecular complexity index is 2330. The Kier molecular flexibility index (Phi) is 26.9. The molecule has 1 amide bonds. The summed E-state index contributed by atoms with van der Waals surface area (Å²) >= 11 is 0. The number of aromatic nitrogens is 7. The fraction of sp³-hybridized carbons (Fsp3) is 0.404. The van der Waals surface area contributed by atoms with Crippen LogP contribution in [0.25, 0.3) is 22.6 Å². The SMILES string of the molecule is C#CCCCCCc1cn(C(=O)OC(C)(C)C)c(N)n1.Cl.Nc1ncc(CCCCCc2cn(CCCS(=O)/C=C/c3ccccc3)nn2)[nH]1.[N-]=[N+]=NCCNC(=O)/C=C/c1ccccc1. The predicted molar refractivity (Wildman–Crippen MR) is 266 cm³/mol. The second-order valence-corrected chi connectivity index (χ2v) is 17.1. The van der Waals surface area contributed by atoms with Gasteiger partial charge in [0, 0.05) is 77.1 Å². The number of nitrogens with zero attached hydrogens (tertiary/aromatic N) is 9. The van der Waals surface area contributed by atoms with Crippen molar-refractivity contribution in [3.05, 3.63) is 129 Å². The van der Waals surface area contributed by atoms with Gasteiger partial charge in [0.05, 0.1) is 17.6 Å². The molecule has 0 bridgehead atoms. The van der Waals surface area contributed by atoms with Gasteiger partial charge in [-0.05, 0) is 101 Å². The number of unbranched alkanes of at least 4 members (excludes halogenated alkanes) is 5. The summed E-state index contributed by atoms with van der Waals surface area (Å²) in [7, 11) is -0.966. The second-order valence-electron chi connectivity index (χ2n) is 15.7. The number of carbonyl (C=O) groups is 2. The topological polar surface area (TPSA) is 250 Å². The number of aryl methyl sites for hydroxylation is 4. The molecule has 66 heavy (non-hydrogen) atoms. The number of nitrogen functional groups attached to an aromatic ring is 2. The molecule has 19 heteroatoms. The number of terminal acetylenes is 1. The molecule has 354 valence electrons. The second kappa shape index (κ2) is 32.1. The molecule has 3 heterocycles. The number of anilines is 2. The summed E-state index contributed by atoms with van der Waals surface area (Å²) in [5.41, 5.74) is 23.7. The first-order valence-corrected chi connectivity index (χ1v) is 23.0. The van der Waals surface area contributed by atoms with E-state index in [9.17, 15) is 13.8 Å². The van der Waals surface area contributed by atoms with Gasteiger partial charge >= 0.3 is 6.09 Å². The Hall–Kier alpha value is -6.67. The molecule has 0 aliphatic rings. The lowest BCUT2D eigenvalue weighted by molar-refractivity contribution is -0.116. The maximum Gasteiger partial charge on any atom is 0.421 e. The highest BCUT2D eigenvalue weighted by Crippen LogP contribution is 2.15. The number of hydrogen-bond donors (Lipinski definition) is 4. The van der Waals surface area contributed by atoms with Crippen LogP contribution >= 0.6 is 12.4 Å². The number of H-pyrrole nitrogens is 1. The molecule has 0 aliphatic carbocycles. The van der Waals surface area contributed by atoms with E-state index in [0.717, 1.165) is 105 Å². The number of benzene rings is 2. The number of ether oxygens (including phenoxy) is 1. The van der Waals surface area contributed by atoms with Crippen LogP contribution in [0.5, 0.6) is 0 Å². The molecule has 0 saturated heterocycles. The Morgan fingerprint density at radius 3 is 2.23 bits per heavy atom. The number of amides is 1. The summed E-state index contributed by atoms with van der Waals surface area (Å²) in [6.07, 6.45) is 25.8. The zero-order valence-corrected chi connectivity index (χ0v) is 39.8. The summed E-state index contributed by atoms with van der Waals surface area (Å²) in [5.74, 6) is 3.68. The maximum absolute atomic E-state index is 12.1. The molecular weight excluding hydrogens is 878 g/mol. The molecule has 0 saturated carbocycles. The van der Waals surface area contributed by atoms with Crippen molar-refractivity contribution in [3.63, 3.8) is 0 Å². The van der Waals surface area contributed by atoms with Crippen LogP contribution in [0, 0.1) is 12.3 Å². The molecule has 17 nitrogen and oxygen atoms in total. The van der Waals surface area contributed by atoms with Crippen LogP contribution in [0.4, 0.5) is 16.7 Å². The summed E-state index contributed by atoms with van der Waals surface area (Å²) in [6, 6.07) is 19.4. The fourth-order valence-corrected chi connectivity index (χ4v) is 6.68. The smallest absolute Gasteiger partial charge is 0.421 e. The molecule has 0 spiro atoms. The lowest BCUT2D eigenvalue weighted by Crippen LogP contribution is -2.27. The number of imidazole rings is 2. The third kappa shape index (κ3) is 25.0. The predicted octanol–water partition coefficient (Wildman–Crippen LogP) is 8.88. The van der Waals surface area contributed by atoms with Gasteiger partial charge in [0.25, 0.3) is 0 Å². The molecule has 3 aromatic heterocycles. The minimum Gasteiger partial charge on any atom is -0.443 e. The molecule has 0 fully saturated rings. The van der Waals surface area contributed by atoms with E-state index in [-0.39, 0.29) is 30.8 Å². The van der Waals surface area contributed by atoms with E-state index in [4.69, 9.17) is 28.2 Å². The lowest BCUT2D eigenvalue weighted by atomic mass is 10.1. The van der Waals surface area contributed by atoms with E-state index in [2.05, 4.69) is 46.5 Å². The molecular formula is C47H64ClN13O4S. The Morgan fingerprint density at radius 2 is 1.59 bits per heavy atom. The van der Waals surface area contributed by atoms with Gasteiger partial charge in [0.1, 0.15) is 5.60 Å². The van der Waals surface area contributed by atoms with Crippen LogP contribution in [-0.4, -0.2) is 75.2 Å². The number of carbonyl (C=O) groups excluding carboxylic acids is 2. The summed E-state index contributed by atoms with van der Waals surface area (Å²) < 4.78 is 20.4. The average Bonchev–Trinajstić information content (AvgIpc) is 4.03. The molecule has 1 unspecified atom stereocenters. The molecule has 5 rings (SSSR count). The van der Waals surface area contributed by atoms with Gasteiger partial charge < -0.3 is 26.5 Å². The third-order valence-corrected chi connectivity index (χ3v) is 10.1. The van der Waals surface area contributed by atoms with Crippen LogP contribution in [0.15, 0.2) is 95.9 Å². The zero-order valence-electron chi connectivity index (χ0n) is 38.1. The number of azide groups is 1. The number of aromatic amines is 1. The minimum absolute atomic E-state index is 0. The van der Waals surface area contributed by atoms with Crippen LogP contribution < -0.4 is 16.8 Å². The van der Waals surface area contributed by atoms with Crippen molar-refractivity contribution in [2.45, 2.75) is 104 Å². The largest absolute Gasteiger partial charge is 0.443 e. The summed E-state index contributed by atoms with van der Waals surface area (Å²) in [5, 5.41) is 16.1. The van der Waals surface area contributed by atoms with Crippen molar-refractivity contribution >= 4 is 59.3 Å². The van der Waals surface area contributed by atoms with Crippen molar-refractivity contribution in [2.24, 2.45) is 5.11 Å². The van der Waals surface area contributed by atoms with Crippen LogP contribution in [0.1, 0.15) is 100 Å². The highest BCUT2D eigenvalue weighted by Gasteiger charge is 2.20. The Labute approximate surface area is 396 Å². The number of nitrogens with two attached hydrogens (primary N) is 2. The van der Waals surface area contributed by atoms with E-state index in [1.165, 1.54) is 10.6 Å². The summed E-state index contributed by atoms with van der Waals surface area (Å²) in [6.45, 7) is 6.78. The van der Waals surface area contributed by atoms with Crippen molar-refractivity contribution in [1.29, 1.82) is 0 Å². The zero-order chi connectivity index (χ0) is 47.1. The van der Waals surface area contributed by atoms with Crippen LogP contribution in [-0.2, 0) is 46.1 Å². The number of nitrogens with one attached hydrogen (secondary N) is 2. The quantitative estimate of drug-likeness (QED) is 0.0128. The lowest BCUT2D eigenvalue weighted by Gasteiger charge is -2.19. The van der Waals surface area contributed by atoms with Gasteiger partial charge in [0.2, 0.25) is 11.9 Å². The van der Waals surface area contributed by atoms with E-state index in [1.54, 1.807) is 23.9 Å². The minimum atomic E-state index is -0.966. The molecule has 6 N–H and O–H groups in total. The molecule has 0 radical (unpaired) electrons. The highest BCUT2D eigenvalue weighted by molar-refractivity contribution is 7.88. The van der Waals surface area contributed by atoms with Gasteiger partial charge in [-0.15, -0.1) is 29.8 Å². The normalized spacial score (nSPS) is 11.2. The monoisotopic (exact) mass is 941 g/mol. The van der Waals surface area contributed by atoms with E-state index in [1.807, 2.05) is 98.4 Å². The van der Waals surface area contributed by atoms with Gasteiger partial charge in [0.15, 0.2) is 5.95 Å². The number of hydrogen-bond acceptors (Lipinski definition) is 11. The first-order valence-electron chi connectivity index (χ1n) is 21.7. The van der Waals surface area contributed by atoms with E-state index < -0.39 is 22.5 Å². The fourth-order valence-electron chi connectivity index (χ4n) is 5.82. The highest BCUT2D eigenvalue weighted by atomic mass is 35.5. The van der Waals surface area contributed by atoms with Gasteiger partial charge in [-0.1, -0.05) is 83.8 Å². The van der Waals surface area contributed by atoms with Crippen molar-refractivity contribution in [2.75, 3.05) is 30.3 Å². The van der Waals surface area contributed by atoms with Crippen molar-refractivity contribution in [3.8, 4) is 12.3 Å². The van der Waals surface area contributed by atoms with Crippen LogP contribution in [0.2, 0.25) is 0 Å². The number of rotatable bonds is 22. The summed E-state index contributed by atoms with van der Waals surface area (Å²) in [4.78, 5) is 37.0. The molecule has 2 aromatic carbocycles. The van der Waals surface area contributed by atoms with Crippen LogP contribution in [0.3, 0.4) is 0 Å². The molecule has 0 aliphatic heterocycles. The number of halogens is 1. The van der Waals surface area contributed by atoms with E-state index in [0.29, 0.717) is 18.2 Å². The molecule has 1 atom stereocenters. The Balaban J connectivity index is 0.000000356. The van der Waals surface area contributed by atoms with Gasteiger partial charge in [-0.3, -0.25) is 13.7 Å². The average molecular weight is 943 g/mol. The van der Waals surface area contributed by atoms with Gasteiger partial charge in [-0.2, -0.15) is 0 Å². The Morgan fingerprint density at radius 1 is 0.939 bits per heavy atom.